The largest absolute Gasteiger partial charge is 0.411 e. The first-order valence-corrected chi connectivity index (χ1v) is 6.32. The summed E-state index contributed by atoms with van der Waals surface area (Å²) >= 11 is 0. The Morgan fingerprint density at radius 3 is 2.85 bits per heavy atom. The van der Waals surface area contributed by atoms with Crippen LogP contribution in [0.25, 0.3) is 0 Å². The molecule has 0 aliphatic carbocycles. The van der Waals surface area contributed by atoms with Gasteiger partial charge in [0.15, 0.2) is 5.69 Å². The molecule has 1 N–H and O–H groups in total. The molecule has 102 valence electrons. The number of para-hydroxylation sites is 1. The molecule has 0 bridgehead atoms. The molecule has 0 saturated heterocycles. The van der Waals surface area contributed by atoms with Crippen LogP contribution in [-0.2, 0) is 7.05 Å². The van der Waals surface area contributed by atoms with Crippen molar-refractivity contribution in [3.63, 3.8) is 0 Å². The van der Waals surface area contributed by atoms with E-state index >= 15 is 0 Å². The number of carbonyl (C=O) groups excluding carboxylic acids is 1. The van der Waals surface area contributed by atoms with Crippen LogP contribution in [0.3, 0.4) is 0 Å². The molecule has 0 fully saturated rings. The van der Waals surface area contributed by atoms with Crippen molar-refractivity contribution in [2.24, 2.45) is 12.2 Å². The van der Waals surface area contributed by atoms with Crippen molar-refractivity contribution >= 4 is 17.3 Å². The Kier molecular flexibility index (Phi) is 2.98. The second kappa shape index (κ2) is 4.80. The zero-order valence-electron chi connectivity index (χ0n) is 11.0. The van der Waals surface area contributed by atoms with Gasteiger partial charge in [0.25, 0.3) is 5.91 Å². The summed E-state index contributed by atoms with van der Waals surface area (Å²) in [5.74, 6) is -0.143. The van der Waals surface area contributed by atoms with E-state index in [4.69, 9.17) is 5.21 Å². The van der Waals surface area contributed by atoms with E-state index in [1.807, 2.05) is 24.3 Å². The first-order chi connectivity index (χ1) is 9.70. The lowest BCUT2D eigenvalue weighted by molar-refractivity contribution is 0.0981. The van der Waals surface area contributed by atoms with Gasteiger partial charge in [0.2, 0.25) is 0 Å². The van der Waals surface area contributed by atoms with Crippen LogP contribution >= 0.6 is 0 Å². The van der Waals surface area contributed by atoms with E-state index in [2.05, 4.69) is 10.3 Å². The first kappa shape index (κ1) is 12.4. The number of aryl methyl sites for hydroxylation is 1. The normalized spacial score (nSPS) is 16.2. The molecular formula is C14H14N4O2. The molecule has 0 unspecified atom stereocenters. The van der Waals surface area contributed by atoms with E-state index in [1.165, 1.54) is 0 Å². The number of oxime groups is 1. The second-order valence-corrected chi connectivity index (χ2v) is 4.65. The monoisotopic (exact) mass is 270 g/mol. The fourth-order valence-corrected chi connectivity index (χ4v) is 2.41. The molecule has 0 saturated carbocycles. The van der Waals surface area contributed by atoms with Gasteiger partial charge in [-0.2, -0.15) is 5.10 Å². The predicted molar refractivity (Wildman–Crippen MR) is 74.3 cm³/mol. The predicted octanol–water partition coefficient (Wildman–Crippen LogP) is 1.65. The molecule has 1 aliphatic heterocycles. The van der Waals surface area contributed by atoms with Gasteiger partial charge in [-0.1, -0.05) is 23.4 Å². The number of rotatable bonds is 1. The van der Waals surface area contributed by atoms with E-state index in [-0.39, 0.29) is 5.91 Å². The summed E-state index contributed by atoms with van der Waals surface area (Å²) < 4.78 is 1.60. The number of hydrogen-bond acceptors (Lipinski definition) is 4. The van der Waals surface area contributed by atoms with Crippen LogP contribution in [0, 0.1) is 0 Å². The number of benzene rings is 1. The molecule has 6 nitrogen and oxygen atoms in total. The van der Waals surface area contributed by atoms with Gasteiger partial charge in [0.05, 0.1) is 11.4 Å². The van der Waals surface area contributed by atoms with E-state index in [0.29, 0.717) is 24.4 Å². The second-order valence-electron chi connectivity index (χ2n) is 4.65. The number of hydrogen-bond donors (Lipinski definition) is 1. The molecule has 0 atom stereocenters. The van der Waals surface area contributed by atoms with Gasteiger partial charge in [0.1, 0.15) is 0 Å². The van der Waals surface area contributed by atoms with E-state index in [0.717, 1.165) is 11.3 Å². The number of aromatic nitrogens is 2. The average molecular weight is 270 g/mol. The number of anilines is 1. The van der Waals surface area contributed by atoms with Crippen LogP contribution in [0.4, 0.5) is 5.69 Å². The molecule has 0 radical (unpaired) electrons. The van der Waals surface area contributed by atoms with Crippen molar-refractivity contribution in [2.45, 2.75) is 6.42 Å². The highest BCUT2D eigenvalue weighted by Crippen LogP contribution is 2.28. The topological polar surface area (TPSA) is 70.7 Å². The highest BCUT2D eigenvalue weighted by Gasteiger charge is 2.27. The number of amides is 1. The van der Waals surface area contributed by atoms with Crippen LogP contribution in [-0.4, -0.2) is 33.2 Å². The molecule has 1 aliphatic rings. The fourth-order valence-electron chi connectivity index (χ4n) is 2.41. The molecule has 20 heavy (non-hydrogen) atoms. The molecule has 2 aromatic rings. The van der Waals surface area contributed by atoms with Gasteiger partial charge < -0.3 is 10.1 Å². The van der Waals surface area contributed by atoms with E-state index in [1.54, 1.807) is 28.9 Å². The van der Waals surface area contributed by atoms with Crippen molar-refractivity contribution in [1.29, 1.82) is 0 Å². The highest BCUT2D eigenvalue weighted by atomic mass is 16.4. The minimum atomic E-state index is -0.143. The van der Waals surface area contributed by atoms with Crippen LogP contribution < -0.4 is 4.90 Å². The summed E-state index contributed by atoms with van der Waals surface area (Å²) in [7, 11) is 1.78. The maximum absolute atomic E-state index is 12.5. The molecule has 2 heterocycles. The Labute approximate surface area is 115 Å². The lowest BCUT2D eigenvalue weighted by Crippen LogP contribution is -2.37. The van der Waals surface area contributed by atoms with Gasteiger partial charge in [-0.3, -0.25) is 9.48 Å². The maximum Gasteiger partial charge on any atom is 0.278 e. The molecule has 1 aromatic carbocycles. The maximum atomic E-state index is 12.5. The smallest absolute Gasteiger partial charge is 0.278 e. The van der Waals surface area contributed by atoms with Gasteiger partial charge >= 0.3 is 0 Å². The third-order valence-electron chi connectivity index (χ3n) is 3.38. The zero-order chi connectivity index (χ0) is 14.1. The molecular weight excluding hydrogens is 256 g/mol. The third kappa shape index (κ3) is 1.95. The van der Waals surface area contributed by atoms with Crippen molar-refractivity contribution in [3.8, 4) is 0 Å². The summed E-state index contributed by atoms with van der Waals surface area (Å²) in [4.78, 5) is 14.2. The molecule has 6 heteroatoms. The standard InChI is InChI=1S/C14H14N4O2/c1-17-8-6-12(15-17)14(19)18-9-7-11(16-20)10-4-2-3-5-13(10)18/h2-6,8,20H,7,9H2,1H3/b16-11-. The SMILES string of the molecule is Cn1ccc(C(=O)N2CC/C(=N/O)c3ccccc32)n1. The lowest BCUT2D eigenvalue weighted by atomic mass is 9.99. The van der Waals surface area contributed by atoms with Crippen molar-refractivity contribution < 1.29 is 10.0 Å². The average Bonchev–Trinajstić information content (AvgIpc) is 2.92. The summed E-state index contributed by atoms with van der Waals surface area (Å²) in [5.41, 5.74) is 2.55. The zero-order valence-corrected chi connectivity index (χ0v) is 11.0. The number of fused-ring (bicyclic) bond motifs is 1. The minimum absolute atomic E-state index is 0.143. The molecule has 1 amide bonds. The summed E-state index contributed by atoms with van der Waals surface area (Å²) in [6.45, 7) is 0.478. The molecule has 0 spiro atoms. The Hall–Kier alpha value is -2.63. The summed E-state index contributed by atoms with van der Waals surface area (Å²) in [6.07, 6.45) is 2.26. The van der Waals surface area contributed by atoms with Gasteiger partial charge in [-0.25, -0.2) is 0 Å². The van der Waals surface area contributed by atoms with Crippen molar-refractivity contribution in [1.82, 2.24) is 9.78 Å². The van der Waals surface area contributed by atoms with Crippen LogP contribution in [0.1, 0.15) is 22.5 Å². The summed E-state index contributed by atoms with van der Waals surface area (Å²) in [5, 5.41) is 16.5. The Balaban J connectivity index is 2.02. The van der Waals surface area contributed by atoms with E-state index in [9.17, 15) is 4.79 Å². The number of nitrogens with zero attached hydrogens (tertiary/aromatic N) is 4. The van der Waals surface area contributed by atoms with E-state index < -0.39 is 0 Å². The Morgan fingerprint density at radius 1 is 1.35 bits per heavy atom. The van der Waals surface area contributed by atoms with Gasteiger partial charge in [0, 0.05) is 31.8 Å². The van der Waals surface area contributed by atoms with Crippen LogP contribution in [0.2, 0.25) is 0 Å². The molecule has 1 aromatic heterocycles. The first-order valence-electron chi connectivity index (χ1n) is 6.32. The lowest BCUT2D eigenvalue weighted by Gasteiger charge is -2.29. The highest BCUT2D eigenvalue weighted by molar-refractivity contribution is 6.14. The van der Waals surface area contributed by atoms with Crippen molar-refractivity contribution in [2.75, 3.05) is 11.4 Å². The van der Waals surface area contributed by atoms with Gasteiger partial charge in [-0.15, -0.1) is 0 Å². The van der Waals surface area contributed by atoms with Gasteiger partial charge in [-0.05, 0) is 12.1 Å². The Morgan fingerprint density at radius 2 is 2.15 bits per heavy atom. The third-order valence-corrected chi connectivity index (χ3v) is 3.38. The fraction of sp³-hybridized carbons (Fsp3) is 0.214. The quantitative estimate of drug-likeness (QED) is 0.632. The van der Waals surface area contributed by atoms with Crippen LogP contribution in [0.15, 0.2) is 41.7 Å². The van der Waals surface area contributed by atoms with Crippen LogP contribution in [0.5, 0.6) is 0 Å². The van der Waals surface area contributed by atoms with Crippen molar-refractivity contribution in [3.05, 3.63) is 47.8 Å². The number of carbonyl (C=O) groups is 1. The minimum Gasteiger partial charge on any atom is -0.411 e. The summed E-state index contributed by atoms with van der Waals surface area (Å²) in [6, 6.07) is 9.11. The Bertz CT molecular complexity index is 690. The molecule has 3 rings (SSSR count).